The van der Waals surface area contributed by atoms with E-state index in [1.165, 1.54) is 7.11 Å². The molecule has 11 heteroatoms. The third-order valence-electron chi connectivity index (χ3n) is 4.88. The van der Waals surface area contributed by atoms with Gasteiger partial charge in [-0.15, -0.1) is 0 Å². The number of benzene rings is 1. The van der Waals surface area contributed by atoms with Gasteiger partial charge in [-0.1, -0.05) is 25.9 Å². The van der Waals surface area contributed by atoms with Gasteiger partial charge in [0.25, 0.3) is 5.91 Å². The number of nitrogens with zero attached hydrogens (tertiary/aromatic N) is 4. The first-order valence-electron chi connectivity index (χ1n) is 10.5. The quantitative estimate of drug-likeness (QED) is 0.403. The number of methoxy groups -OCH3 is 1. The predicted molar refractivity (Wildman–Crippen MR) is 127 cm³/mol. The number of hydrogen-bond acceptors (Lipinski definition) is 7. The smallest absolute Gasteiger partial charge is 0.325 e. The number of aryl methyl sites for hydroxylation is 1. The highest BCUT2D eigenvalue weighted by Crippen LogP contribution is 2.29. The first-order chi connectivity index (χ1) is 16.1. The minimum Gasteiger partial charge on any atom is -0.494 e. The first-order valence-corrected chi connectivity index (χ1v) is 10.5. The molecule has 34 heavy (non-hydrogen) atoms. The maximum atomic E-state index is 12.7. The number of carbonyl (C=O) groups is 2. The molecule has 11 nitrogen and oxygen atoms in total. The summed E-state index contributed by atoms with van der Waals surface area (Å²) in [5.74, 6) is 0.902. The number of aromatic nitrogens is 4. The van der Waals surface area contributed by atoms with Crippen LogP contribution in [0.15, 0.2) is 47.1 Å². The van der Waals surface area contributed by atoms with Crippen molar-refractivity contribution < 1.29 is 18.8 Å². The average molecular weight is 463 g/mol. The molecule has 176 valence electrons. The van der Waals surface area contributed by atoms with Gasteiger partial charge in [0.15, 0.2) is 11.5 Å². The van der Waals surface area contributed by atoms with Crippen molar-refractivity contribution in [3.8, 4) is 5.75 Å². The van der Waals surface area contributed by atoms with E-state index < -0.39 is 11.9 Å². The summed E-state index contributed by atoms with van der Waals surface area (Å²) in [6.07, 6.45) is 1.56. The molecule has 3 N–H and O–H groups in total. The van der Waals surface area contributed by atoms with Gasteiger partial charge in [-0.05, 0) is 31.2 Å². The molecule has 0 saturated heterocycles. The SMILES string of the molecule is COc1cc(NC(=O)c2cn3nc(C)ccc3n2)ccc1NC(=O)Nc1cc(C(C)(C)C)on1. The standard InChI is InChI=1S/C23H25N7O4/c1-13-6-9-20-25-16(12-30(20)28-13)21(31)24-14-7-8-15(17(10-14)33-5)26-22(32)27-19-11-18(34-29-19)23(2,3)4/h6-12H,1-5H3,(H,24,31)(H2,26,27,29,32). The van der Waals surface area contributed by atoms with Gasteiger partial charge in [0.05, 0.1) is 24.7 Å². The van der Waals surface area contributed by atoms with E-state index in [1.54, 1.807) is 41.0 Å². The molecule has 0 saturated carbocycles. The monoisotopic (exact) mass is 463 g/mol. The van der Waals surface area contributed by atoms with Crippen molar-refractivity contribution in [1.82, 2.24) is 19.8 Å². The number of hydrogen-bond donors (Lipinski definition) is 3. The molecule has 0 radical (unpaired) electrons. The van der Waals surface area contributed by atoms with Crippen molar-refractivity contribution in [2.75, 3.05) is 23.1 Å². The number of amides is 3. The van der Waals surface area contributed by atoms with Crippen molar-refractivity contribution >= 4 is 34.8 Å². The van der Waals surface area contributed by atoms with Gasteiger partial charge >= 0.3 is 6.03 Å². The highest BCUT2D eigenvalue weighted by atomic mass is 16.5. The molecule has 3 amide bonds. The zero-order chi connectivity index (χ0) is 24.5. The lowest BCUT2D eigenvalue weighted by molar-refractivity contribution is 0.102. The summed E-state index contributed by atoms with van der Waals surface area (Å²) in [6.45, 7) is 7.80. The minimum absolute atomic E-state index is 0.223. The molecule has 0 atom stereocenters. The van der Waals surface area contributed by atoms with Crippen LogP contribution in [0.3, 0.4) is 0 Å². The fraction of sp³-hybridized carbons (Fsp3) is 0.261. The molecular formula is C23H25N7O4. The molecule has 0 spiro atoms. The van der Waals surface area contributed by atoms with Crippen molar-refractivity contribution in [3.05, 3.63) is 59.7 Å². The van der Waals surface area contributed by atoms with Crippen LogP contribution in [0.1, 0.15) is 42.7 Å². The van der Waals surface area contributed by atoms with Crippen LogP contribution in [0.25, 0.3) is 5.65 Å². The van der Waals surface area contributed by atoms with Crippen LogP contribution in [-0.4, -0.2) is 38.8 Å². The number of carbonyl (C=O) groups excluding carboxylic acids is 2. The molecule has 0 unspecified atom stereocenters. The third-order valence-corrected chi connectivity index (χ3v) is 4.88. The molecule has 4 rings (SSSR count). The molecule has 0 bridgehead atoms. The van der Waals surface area contributed by atoms with Crippen LogP contribution in [0, 0.1) is 6.92 Å². The molecule has 0 fully saturated rings. The van der Waals surface area contributed by atoms with Crippen LogP contribution in [0.2, 0.25) is 0 Å². The van der Waals surface area contributed by atoms with Gasteiger partial charge in [-0.2, -0.15) is 5.10 Å². The van der Waals surface area contributed by atoms with E-state index in [-0.39, 0.29) is 11.1 Å². The summed E-state index contributed by atoms with van der Waals surface area (Å²) < 4.78 is 12.2. The molecular weight excluding hydrogens is 438 g/mol. The van der Waals surface area contributed by atoms with Gasteiger partial charge in [-0.25, -0.2) is 14.3 Å². The largest absolute Gasteiger partial charge is 0.494 e. The number of fused-ring (bicyclic) bond motifs is 1. The van der Waals surface area contributed by atoms with E-state index in [2.05, 4.69) is 31.2 Å². The maximum absolute atomic E-state index is 12.7. The van der Waals surface area contributed by atoms with Gasteiger partial charge in [0.2, 0.25) is 0 Å². The normalized spacial score (nSPS) is 11.3. The number of anilines is 3. The van der Waals surface area contributed by atoms with Crippen LogP contribution in [0.5, 0.6) is 5.75 Å². The zero-order valence-corrected chi connectivity index (χ0v) is 19.5. The summed E-state index contributed by atoms with van der Waals surface area (Å²) in [5, 5.41) is 16.3. The Hall–Kier alpha value is -4.41. The van der Waals surface area contributed by atoms with E-state index in [0.29, 0.717) is 34.3 Å². The molecule has 0 aliphatic carbocycles. The summed E-state index contributed by atoms with van der Waals surface area (Å²) in [4.78, 5) is 29.4. The van der Waals surface area contributed by atoms with E-state index in [1.807, 2.05) is 33.8 Å². The second kappa shape index (κ2) is 8.85. The van der Waals surface area contributed by atoms with Crippen molar-refractivity contribution in [2.45, 2.75) is 33.1 Å². The lowest BCUT2D eigenvalue weighted by Gasteiger charge is -2.13. The molecule has 3 heterocycles. The highest BCUT2D eigenvalue weighted by molar-refractivity contribution is 6.04. The Morgan fingerprint density at radius 2 is 1.85 bits per heavy atom. The van der Waals surface area contributed by atoms with Crippen molar-refractivity contribution in [1.29, 1.82) is 0 Å². The molecule has 1 aromatic carbocycles. The van der Waals surface area contributed by atoms with Crippen LogP contribution in [0.4, 0.5) is 22.0 Å². The molecule has 0 aliphatic rings. The van der Waals surface area contributed by atoms with E-state index in [4.69, 9.17) is 9.26 Å². The molecule has 4 aromatic rings. The summed E-state index contributed by atoms with van der Waals surface area (Å²) in [6, 6.07) is 9.62. The Kier molecular flexibility index (Phi) is 5.93. The lowest BCUT2D eigenvalue weighted by atomic mass is 9.93. The average Bonchev–Trinajstić information content (AvgIpc) is 3.41. The minimum atomic E-state index is -0.517. The summed E-state index contributed by atoms with van der Waals surface area (Å²) >= 11 is 0. The summed E-state index contributed by atoms with van der Waals surface area (Å²) in [5.41, 5.74) is 2.25. The number of imidazole rings is 1. The van der Waals surface area contributed by atoms with Crippen LogP contribution >= 0.6 is 0 Å². The van der Waals surface area contributed by atoms with Gasteiger partial charge < -0.3 is 19.9 Å². The molecule has 0 aliphatic heterocycles. The van der Waals surface area contributed by atoms with Gasteiger partial charge in [0.1, 0.15) is 17.2 Å². The number of nitrogens with one attached hydrogen (secondary N) is 3. The molecule has 3 aromatic heterocycles. The number of urea groups is 1. The Bertz CT molecular complexity index is 1370. The van der Waals surface area contributed by atoms with Gasteiger partial charge in [0, 0.05) is 23.2 Å². The lowest BCUT2D eigenvalue weighted by Crippen LogP contribution is -2.20. The Morgan fingerprint density at radius 1 is 1.06 bits per heavy atom. The second-order valence-corrected chi connectivity index (χ2v) is 8.68. The van der Waals surface area contributed by atoms with Crippen molar-refractivity contribution in [2.24, 2.45) is 0 Å². The topological polar surface area (TPSA) is 136 Å². The Morgan fingerprint density at radius 3 is 2.56 bits per heavy atom. The van der Waals surface area contributed by atoms with Crippen LogP contribution in [-0.2, 0) is 5.41 Å². The first kappa shape index (κ1) is 22.8. The van der Waals surface area contributed by atoms with E-state index in [9.17, 15) is 9.59 Å². The zero-order valence-electron chi connectivity index (χ0n) is 19.5. The maximum Gasteiger partial charge on any atom is 0.325 e. The fourth-order valence-electron chi connectivity index (χ4n) is 3.11. The van der Waals surface area contributed by atoms with E-state index in [0.717, 1.165) is 5.69 Å². The third kappa shape index (κ3) is 4.98. The summed E-state index contributed by atoms with van der Waals surface area (Å²) in [7, 11) is 1.47. The number of rotatable bonds is 5. The predicted octanol–water partition coefficient (Wildman–Crippen LogP) is 4.23. The highest BCUT2D eigenvalue weighted by Gasteiger charge is 2.20. The fourth-order valence-corrected chi connectivity index (χ4v) is 3.11. The second-order valence-electron chi connectivity index (χ2n) is 8.68. The Labute approximate surface area is 195 Å². The van der Waals surface area contributed by atoms with Crippen LogP contribution < -0.4 is 20.7 Å². The van der Waals surface area contributed by atoms with Crippen molar-refractivity contribution in [3.63, 3.8) is 0 Å². The number of ether oxygens (including phenoxy) is 1. The Balaban J connectivity index is 1.43. The van der Waals surface area contributed by atoms with Gasteiger partial charge in [-0.3, -0.25) is 10.1 Å². The van der Waals surface area contributed by atoms with E-state index >= 15 is 0 Å².